The summed E-state index contributed by atoms with van der Waals surface area (Å²) in [5.41, 5.74) is 0.914. The van der Waals surface area contributed by atoms with E-state index in [-0.39, 0.29) is 10.6 Å². The van der Waals surface area contributed by atoms with Crippen molar-refractivity contribution in [2.24, 2.45) is 0 Å². The predicted octanol–water partition coefficient (Wildman–Crippen LogP) is 5.13. The maximum absolute atomic E-state index is 13.1. The van der Waals surface area contributed by atoms with Crippen LogP contribution in [0.5, 0.6) is 0 Å². The number of hydrogen-bond donors (Lipinski definition) is 0. The van der Waals surface area contributed by atoms with E-state index in [1.54, 1.807) is 23.5 Å². The van der Waals surface area contributed by atoms with Crippen LogP contribution in [0.25, 0.3) is 0 Å². The SMILES string of the molecule is Fc1ccc(Br)c(C(Br)c2cccs2)c1. The molecule has 0 N–H and O–H groups in total. The number of thiophene rings is 1. The Labute approximate surface area is 108 Å². The zero-order chi connectivity index (χ0) is 10.8. The molecule has 2 rings (SSSR count). The van der Waals surface area contributed by atoms with Gasteiger partial charge in [0.1, 0.15) is 5.82 Å². The largest absolute Gasteiger partial charge is 0.207 e. The summed E-state index contributed by atoms with van der Waals surface area (Å²) in [5.74, 6) is -0.214. The third-order valence-corrected chi connectivity index (χ3v) is 4.97. The summed E-state index contributed by atoms with van der Waals surface area (Å²) in [6.07, 6.45) is 0. The molecule has 1 unspecified atom stereocenters. The van der Waals surface area contributed by atoms with Crippen molar-refractivity contribution in [2.45, 2.75) is 4.83 Å². The summed E-state index contributed by atoms with van der Waals surface area (Å²) >= 11 is 8.65. The minimum Gasteiger partial charge on any atom is -0.207 e. The van der Waals surface area contributed by atoms with Gasteiger partial charge in [0, 0.05) is 9.35 Å². The molecule has 0 saturated heterocycles. The van der Waals surface area contributed by atoms with Crippen LogP contribution in [0.15, 0.2) is 40.2 Å². The predicted molar refractivity (Wildman–Crippen MR) is 69.2 cm³/mol. The first-order valence-electron chi connectivity index (χ1n) is 4.31. The van der Waals surface area contributed by atoms with E-state index >= 15 is 0 Å². The van der Waals surface area contributed by atoms with E-state index in [1.165, 1.54) is 10.9 Å². The van der Waals surface area contributed by atoms with Gasteiger partial charge in [-0.2, -0.15) is 0 Å². The number of hydrogen-bond acceptors (Lipinski definition) is 1. The molecule has 4 heteroatoms. The second kappa shape index (κ2) is 4.76. The lowest BCUT2D eigenvalue weighted by atomic mass is 10.1. The maximum Gasteiger partial charge on any atom is 0.123 e. The van der Waals surface area contributed by atoms with Crippen LogP contribution in [0, 0.1) is 5.82 Å². The Morgan fingerprint density at radius 3 is 2.73 bits per heavy atom. The van der Waals surface area contributed by atoms with Crippen LogP contribution >= 0.6 is 43.2 Å². The molecule has 0 radical (unpaired) electrons. The highest BCUT2D eigenvalue weighted by atomic mass is 79.9. The van der Waals surface area contributed by atoms with Gasteiger partial charge >= 0.3 is 0 Å². The van der Waals surface area contributed by atoms with Crippen LogP contribution in [-0.2, 0) is 0 Å². The van der Waals surface area contributed by atoms with Gasteiger partial charge in [0.15, 0.2) is 0 Å². The average Bonchev–Trinajstić information content (AvgIpc) is 2.74. The van der Waals surface area contributed by atoms with E-state index in [2.05, 4.69) is 31.9 Å². The van der Waals surface area contributed by atoms with E-state index < -0.39 is 0 Å². The Morgan fingerprint density at radius 2 is 2.07 bits per heavy atom. The first-order chi connectivity index (χ1) is 7.18. The number of halogens is 3. The van der Waals surface area contributed by atoms with E-state index in [1.807, 2.05) is 17.5 Å². The number of benzene rings is 1. The fourth-order valence-corrected chi connectivity index (χ4v) is 3.65. The van der Waals surface area contributed by atoms with E-state index in [9.17, 15) is 4.39 Å². The molecule has 0 aliphatic carbocycles. The van der Waals surface area contributed by atoms with Crippen LogP contribution in [0.1, 0.15) is 15.3 Å². The summed E-state index contributed by atoms with van der Waals surface area (Å²) in [6, 6.07) is 8.74. The van der Waals surface area contributed by atoms with Gasteiger partial charge < -0.3 is 0 Å². The van der Waals surface area contributed by atoms with Gasteiger partial charge in [0.05, 0.1) is 4.83 Å². The van der Waals surface area contributed by atoms with E-state index in [4.69, 9.17) is 0 Å². The first kappa shape index (κ1) is 11.3. The monoisotopic (exact) mass is 348 g/mol. The minimum absolute atomic E-state index is 0.0441. The summed E-state index contributed by atoms with van der Waals surface area (Å²) in [7, 11) is 0. The topological polar surface area (TPSA) is 0 Å². The van der Waals surface area contributed by atoms with Gasteiger partial charge in [0.2, 0.25) is 0 Å². The number of alkyl halides is 1. The molecule has 78 valence electrons. The molecule has 0 spiro atoms. The molecular formula is C11H7Br2FS. The third-order valence-electron chi connectivity index (χ3n) is 2.02. The molecule has 0 saturated carbocycles. The molecule has 15 heavy (non-hydrogen) atoms. The van der Waals surface area contributed by atoms with Crippen LogP contribution in [0.3, 0.4) is 0 Å². The summed E-state index contributed by atoms with van der Waals surface area (Å²) in [4.78, 5) is 1.21. The molecule has 0 amide bonds. The number of rotatable bonds is 2. The Balaban J connectivity index is 2.41. The van der Waals surface area contributed by atoms with Crippen molar-refractivity contribution in [3.8, 4) is 0 Å². The normalized spacial score (nSPS) is 12.7. The second-order valence-electron chi connectivity index (χ2n) is 3.04. The Bertz CT molecular complexity index is 454. The fourth-order valence-electron chi connectivity index (χ4n) is 1.30. The van der Waals surface area contributed by atoms with Crippen molar-refractivity contribution in [3.05, 3.63) is 56.4 Å². The lowest BCUT2D eigenvalue weighted by Crippen LogP contribution is -1.92. The van der Waals surface area contributed by atoms with Crippen LogP contribution < -0.4 is 0 Å². The van der Waals surface area contributed by atoms with Crippen LogP contribution in [-0.4, -0.2) is 0 Å². The molecule has 1 heterocycles. The van der Waals surface area contributed by atoms with Gasteiger partial charge in [-0.25, -0.2) is 4.39 Å². The third kappa shape index (κ3) is 2.49. The Morgan fingerprint density at radius 1 is 1.27 bits per heavy atom. The van der Waals surface area contributed by atoms with Crippen molar-refractivity contribution < 1.29 is 4.39 Å². The zero-order valence-corrected chi connectivity index (χ0v) is 11.6. The van der Waals surface area contributed by atoms with Gasteiger partial charge in [-0.05, 0) is 35.2 Å². The highest BCUT2D eigenvalue weighted by Crippen LogP contribution is 2.37. The fraction of sp³-hybridized carbons (Fsp3) is 0.0909. The maximum atomic E-state index is 13.1. The van der Waals surface area contributed by atoms with Crippen molar-refractivity contribution in [1.82, 2.24) is 0 Å². The van der Waals surface area contributed by atoms with E-state index in [0.717, 1.165) is 10.0 Å². The molecule has 0 aliphatic rings. The molecule has 0 fully saturated rings. The molecule has 0 bridgehead atoms. The lowest BCUT2D eigenvalue weighted by Gasteiger charge is -2.10. The Kier molecular flexibility index (Phi) is 3.59. The van der Waals surface area contributed by atoms with Crippen molar-refractivity contribution in [1.29, 1.82) is 0 Å². The molecule has 2 aromatic rings. The zero-order valence-electron chi connectivity index (χ0n) is 7.58. The molecule has 0 nitrogen and oxygen atoms in total. The summed E-state index contributed by atoms with van der Waals surface area (Å²) in [5, 5.41) is 2.01. The highest BCUT2D eigenvalue weighted by Gasteiger charge is 2.14. The van der Waals surface area contributed by atoms with Gasteiger partial charge in [-0.1, -0.05) is 37.9 Å². The second-order valence-corrected chi connectivity index (χ2v) is 5.79. The van der Waals surface area contributed by atoms with Crippen LogP contribution in [0.4, 0.5) is 4.39 Å². The quantitative estimate of drug-likeness (QED) is 0.659. The molecular weight excluding hydrogens is 343 g/mol. The van der Waals surface area contributed by atoms with Gasteiger partial charge in [-0.3, -0.25) is 0 Å². The molecule has 1 aromatic carbocycles. The van der Waals surface area contributed by atoms with Gasteiger partial charge in [0.25, 0.3) is 0 Å². The van der Waals surface area contributed by atoms with Crippen molar-refractivity contribution in [3.63, 3.8) is 0 Å². The van der Waals surface area contributed by atoms with E-state index in [0.29, 0.717) is 0 Å². The summed E-state index contributed by atoms with van der Waals surface area (Å²) < 4.78 is 14.0. The molecule has 1 aromatic heterocycles. The van der Waals surface area contributed by atoms with Crippen molar-refractivity contribution >= 4 is 43.2 Å². The van der Waals surface area contributed by atoms with Crippen molar-refractivity contribution in [2.75, 3.05) is 0 Å². The molecule has 0 aliphatic heterocycles. The minimum atomic E-state index is -0.214. The highest BCUT2D eigenvalue weighted by molar-refractivity contribution is 9.11. The standard InChI is InChI=1S/C11H7Br2FS/c12-9-4-3-7(14)6-8(9)11(13)10-2-1-5-15-10/h1-6,11H. The molecule has 1 atom stereocenters. The smallest absolute Gasteiger partial charge is 0.123 e. The van der Waals surface area contributed by atoms with Gasteiger partial charge in [-0.15, -0.1) is 11.3 Å². The first-order valence-corrected chi connectivity index (χ1v) is 6.90. The summed E-state index contributed by atoms with van der Waals surface area (Å²) in [6.45, 7) is 0. The average molecular weight is 350 g/mol. The van der Waals surface area contributed by atoms with Crippen LogP contribution in [0.2, 0.25) is 0 Å². The Hall–Kier alpha value is -0.190. The lowest BCUT2D eigenvalue weighted by molar-refractivity contribution is 0.625.